The fourth-order valence-electron chi connectivity index (χ4n) is 3.04. The van der Waals surface area contributed by atoms with Gasteiger partial charge >= 0.3 is 0 Å². The van der Waals surface area contributed by atoms with Crippen molar-refractivity contribution in [2.24, 2.45) is 0 Å². The molecule has 0 spiro atoms. The molecule has 0 radical (unpaired) electrons. The predicted octanol–water partition coefficient (Wildman–Crippen LogP) is 3.38. The first-order valence-electron chi connectivity index (χ1n) is 8.89. The Balaban J connectivity index is 1.52. The number of amides is 1. The molecule has 26 heavy (non-hydrogen) atoms. The Labute approximate surface area is 153 Å². The number of para-hydroxylation sites is 2. The van der Waals surface area contributed by atoms with Crippen LogP contribution in [-0.2, 0) is 4.79 Å². The number of carbonyl (C=O) groups excluding carboxylic acids is 2. The quantitative estimate of drug-likeness (QED) is 0.372. The zero-order chi connectivity index (χ0) is 18.4. The van der Waals surface area contributed by atoms with Gasteiger partial charge in [-0.15, -0.1) is 0 Å². The number of hydrogen-bond acceptors (Lipinski definition) is 3. The highest BCUT2D eigenvalue weighted by Gasteiger charge is 2.19. The minimum absolute atomic E-state index is 0.414. The summed E-state index contributed by atoms with van der Waals surface area (Å²) in [5.41, 5.74) is 2.43. The lowest BCUT2D eigenvalue weighted by molar-refractivity contribution is -0.116. The Morgan fingerprint density at radius 1 is 1.04 bits per heavy atom. The monoisotopic (exact) mass is 349 g/mol. The Morgan fingerprint density at radius 2 is 1.77 bits per heavy atom. The molecule has 1 amide bonds. The van der Waals surface area contributed by atoms with Crippen molar-refractivity contribution < 1.29 is 9.59 Å². The Kier molecular flexibility index (Phi) is 5.69. The average Bonchev–Trinajstić information content (AvgIpc) is 3.12. The molecule has 0 saturated heterocycles. The van der Waals surface area contributed by atoms with Crippen molar-refractivity contribution in [3.63, 3.8) is 0 Å². The molecule has 0 fully saturated rings. The summed E-state index contributed by atoms with van der Waals surface area (Å²) in [4.78, 5) is 29.8. The van der Waals surface area contributed by atoms with Gasteiger partial charge in [0.15, 0.2) is 0 Å². The average molecular weight is 349 g/mol. The number of hydrogen-bond donors (Lipinski definition) is 2. The second-order valence-corrected chi connectivity index (χ2v) is 6.10. The number of Topliss-reactive ketones (excluding diaryl/α,β-unsaturated/α-hetero) is 1. The maximum atomic E-state index is 12.4. The van der Waals surface area contributed by atoms with E-state index >= 15 is 0 Å². The third-order valence-electron chi connectivity index (χ3n) is 4.43. The van der Waals surface area contributed by atoms with Crippen molar-refractivity contribution in [3.05, 3.63) is 66.4 Å². The minimum Gasteiger partial charge on any atom is -0.372 e. The second-order valence-electron chi connectivity index (χ2n) is 6.10. The summed E-state index contributed by atoms with van der Waals surface area (Å²) >= 11 is 0. The minimum atomic E-state index is -0.558. The topological polar surface area (TPSA) is 65.2 Å². The van der Waals surface area contributed by atoms with Crippen LogP contribution in [0.25, 0.3) is 10.9 Å². The molecule has 134 valence electrons. The summed E-state index contributed by atoms with van der Waals surface area (Å²) in [6, 6.07) is 17.6. The van der Waals surface area contributed by atoms with Crippen molar-refractivity contribution in [3.8, 4) is 0 Å². The highest BCUT2D eigenvalue weighted by atomic mass is 16.2. The van der Waals surface area contributed by atoms with Crippen LogP contribution in [0, 0.1) is 0 Å². The van der Waals surface area contributed by atoms with Crippen LogP contribution in [-0.4, -0.2) is 36.3 Å². The van der Waals surface area contributed by atoms with Gasteiger partial charge < -0.3 is 15.2 Å². The Bertz CT molecular complexity index is 886. The second kappa shape index (κ2) is 8.34. The van der Waals surface area contributed by atoms with Gasteiger partial charge in [0.2, 0.25) is 0 Å². The highest BCUT2D eigenvalue weighted by Crippen LogP contribution is 2.18. The largest absolute Gasteiger partial charge is 0.372 e. The highest BCUT2D eigenvalue weighted by molar-refractivity contribution is 6.44. The van der Waals surface area contributed by atoms with Gasteiger partial charge in [0, 0.05) is 42.4 Å². The lowest BCUT2D eigenvalue weighted by Crippen LogP contribution is -2.34. The van der Waals surface area contributed by atoms with Crippen LogP contribution in [0.5, 0.6) is 0 Å². The number of fused-ring (bicyclic) bond motifs is 1. The van der Waals surface area contributed by atoms with Gasteiger partial charge in [-0.1, -0.05) is 36.4 Å². The molecule has 2 aromatic carbocycles. The van der Waals surface area contributed by atoms with E-state index in [1.165, 1.54) is 0 Å². The number of aromatic amines is 1. The van der Waals surface area contributed by atoms with Crippen molar-refractivity contribution in [1.82, 2.24) is 10.3 Å². The number of aromatic nitrogens is 1. The molecule has 3 aromatic rings. The zero-order valence-electron chi connectivity index (χ0n) is 14.9. The normalized spacial score (nSPS) is 10.7. The van der Waals surface area contributed by atoms with E-state index in [1.807, 2.05) is 42.5 Å². The number of rotatable bonds is 8. The summed E-state index contributed by atoms with van der Waals surface area (Å²) in [5.74, 6) is -1.06. The molecule has 0 aliphatic rings. The summed E-state index contributed by atoms with van der Waals surface area (Å²) in [7, 11) is 0. The first-order valence-corrected chi connectivity index (χ1v) is 8.89. The lowest BCUT2D eigenvalue weighted by atomic mass is 10.1. The number of carbonyl (C=O) groups is 2. The third-order valence-corrected chi connectivity index (χ3v) is 4.43. The van der Waals surface area contributed by atoms with Crippen LogP contribution < -0.4 is 10.2 Å². The maximum absolute atomic E-state index is 12.4. The lowest BCUT2D eigenvalue weighted by Gasteiger charge is -2.23. The van der Waals surface area contributed by atoms with Crippen molar-refractivity contribution in [2.75, 3.05) is 24.5 Å². The van der Waals surface area contributed by atoms with Crippen LogP contribution in [0.2, 0.25) is 0 Å². The molecule has 0 saturated carbocycles. The number of benzene rings is 2. The summed E-state index contributed by atoms with van der Waals surface area (Å²) < 4.78 is 0. The molecular formula is C21H23N3O2. The van der Waals surface area contributed by atoms with Crippen molar-refractivity contribution in [2.45, 2.75) is 13.3 Å². The number of nitrogens with zero attached hydrogens (tertiary/aromatic N) is 1. The van der Waals surface area contributed by atoms with Gasteiger partial charge in [-0.05, 0) is 31.5 Å². The van der Waals surface area contributed by atoms with Crippen LogP contribution in [0.3, 0.4) is 0 Å². The zero-order valence-corrected chi connectivity index (χ0v) is 14.9. The van der Waals surface area contributed by atoms with Gasteiger partial charge in [-0.3, -0.25) is 9.59 Å². The van der Waals surface area contributed by atoms with E-state index in [9.17, 15) is 9.59 Å². The molecular weight excluding hydrogens is 326 g/mol. The van der Waals surface area contributed by atoms with Crippen LogP contribution in [0.1, 0.15) is 23.7 Å². The molecule has 0 bridgehead atoms. The number of nitrogens with one attached hydrogen (secondary N) is 2. The standard InChI is InChI=1S/C21H23N3O2/c1-2-24(16-9-4-3-5-10-16)14-8-13-22-21(26)20(25)18-15-23-19-12-7-6-11-17(18)19/h3-7,9-12,15,23H,2,8,13-14H2,1H3,(H,22,26). The number of ketones is 1. The van der Waals surface area contributed by atoms with Crippen molar-refractivity contribution >= 4 is 28.3 Å². The molecule has 2 N–H and O–H groups in total. The van der Waals surface area contributed by atoms with Crippen LogP contribution in [0.15, 0.2) is 60.8 Å². The van der Waals surface area contributed by atoms with Crippen molar-refractivity contribution in [1.29, 1.82) is 0 Å². The molecule has 0 atom stereocenters. The van der Waals surface area contributed by atoms with Crippen LogP contribution >= 0.6 is 0 Å². The van der Waals surface area contributed by atoms with Gasteiger partial charge in [0.05, 0.1) is 5.56 Å². The first-order chi connectivity index (χ1) is 12.7. The van der Waals surface area contributed by atoms with Gasteiger partial charge in [0.25, 0.3) is 11.7 Å². The molecule has 5 nitrogen and oxygen atoms in total. The molecule has 0 aliphatic carbocycles. The third kappa shape index (κ3) is 3.94. The first kappa shape index (κ1) is 17.7. The Morgan fingerprint density at radius 3 is 2.54 bits per heavy atom. The Hall–Kier alpha value is -3.08. The molecule has 1 aromatic heterocycles. The van der Waals surface area contributed by atoms with Gasteiger partial charge in [-0.25, -0.2) is 0 Å². The van der Waals surface area contributed by atoms with Gasteiger partial charge in [0.1, 0.15) is 0 Å². The SMILES string of the molecule is CCN(CCCNC(=O)C(=O)c1c[nH]c2ccccc12)c1ccccc1. The molecule has 0 aliphatic heterocycles. The van der Waals surface area contributed by atoms with E-state index in [1.54, 1.807) is 6.20 Å². The summed E-state index contributed by atoms with van der Waals surface area (Å²) in [6.45, 7) is 4.29. The van der Waals surface area contributed by atoms with Crippen LogP contribution in [0.4, 0.5) is 5.69 Å². The smallest absolute Gasteiger partial charge is 0.292 e. The number of anilines is 1. The van der Waals surface area contributed by atoms with E-state index in [0.29, 0.717) is 12.1 Å². The molecule has 1 heterocycles. The molecule has 5 heteroatoms. The van der Waals surface area contributed by atoms with E-state index in [-0.39, 0.29) is 0 Å². The van der Waals surface area contributed by atoms with E-state index in [4.69, 9.17) is 0 Å². The summed E-state index contributed by atoms with van der Waals surface area (Å²) in [5, 5.41) is 3.51. The fourth-order valence-corrected chi connectivity index (χ4v) is 3.04. The molecule has 0 unspecified atom stereocenters. The van der Waals surface area contributed by atoms with E-state index in [0.717, 1.165) is 36.1 Å². The van der Waals surface area contributed by atoms with Gasteiger partial charge in [-0.2, -0.15) is 0 Å². The van der Waals surface area contributed by atoms with E-state index in [2.05, 4.69) is 34.3 Å². The van der Waals surface area contributed by atoms with E-state index < -0.39 is 11.7 Å². The fraction of sp³-hybridized carbons (Fsp3) is 0.238. The molecule has 3 rings (SSSR count). The summed E-state index contributed by atoms with van der Waals surface area (Å²) in [6.07, 6.45) is 2.37. The number of H-pyrrole nitrogens is 1. The maximum Gasteiger partial charge on any atom is 0.292 e. The predicted molar refractivity (Wildman–Crippen MR) is 105 cm³/mol.